The van der Waals surface area contributed by atoms with E-state index in [1.165, 1.54) is 11.3 Å². The molecule has 35 heavy (non-hydrogen) atoms. The molecule has 0 saturated heterocycles. The zero-order valence-corrected chi connectivity index (χ0v) is 21.2. The van der Waals surface area contributed by atoms with Gasteiger partial charge in [-0.3, -0.25) is 14.9 Å². The molecule has 0 spiro atoms. The molecule has 1 aliphatic rings. The highest BCUT2D eigenvalue weighted by atomic mass is 32.1. The van der Waals surface area contributed by atoms with E-state index in [1.807, 2.05) is 62.4 Å². The van der Waals surface area contributed by atoms with Crippen LogP contribution >= 0.6 is 18.5 Å². The quantitative estimate of drug-likeness (QED) is 0.285. The summed E-state index contributed by atoms with van der Waals surface area (Å²) in [5.41, 5.74) is 3.01. The first-order chi connectivity index (χ1) is 16.8. The van der Waals surface area contributed by atoms with Gasteiger partial charge in [0.1, 0.15) is 5.16 Å². The predicted molar refractivity (Wildman–Crippen MR) is 140 cm³/mol. The number of aryl methyl sites for hydroxylation is 2. The van der Waals surface area contributed by atoms with Gasteiger partial charge in [-0.15, -0.1) is 0 Å². The Labute approximate surface area is 207 Å². The fraction of sp³-hybridized carbons (Fsp3) is 0.222. The molecule has 1 heterocycles. The zero-order chi connectivity index (χ0) is 24.6. The van der Waals surface area contributed by atoms with Gasteiger partial charge in [-0.25, -0.2) is 4.98 Å². The first kappa shape index (κ1) is 23.5. The Bertz CT molecular complexity index is 1420. The number of nitrogens with one attached hydrogen (secondary N) is 1. The largest absolute Gasteiger partial charge is 0.455 e. The zero-order valence-electron chi connectivity index (χ0n) is 19.5. The smallest absolute Gasteiger partial charge is 0.320 e. The third kappa shape index (κ3) is 4.19. The van der Waals surface area contributed by atoms with Crippen LogP contribution in [-0.4, -0.2) is 28.6 Å². The number of hydrogen-bond donors (Lipinski definition) is 1. The van der Waals surface area contributed by atoms with Crippen LogP contribution in [0.5, 0.6) is 0 Å². The van der Waals surface area contributed by atoms with Gasteiger partial charge in [0.05, 0.1) is 10.2 Å². The minimum atomic E-state index is -3.35. The minimum absolute atomic E-state index is 0.449. The molecule has 1 fully saturated rings. The number of esters is 1. The van der Waals surface area contributed by atoms with E-state index in [1.54, 1.807) is 24.3 Å². The average Bonchev–Trinajstić information content (AvgIpc) is 3.59. The SMILES string of the molecule is Cc1cc(C)c2nc(NC(=O)COC(=O)C3(P(=O)(c4ccccc4)c4ccccc4)CC3)sc2c1. The maximum absolute atomic E-state index is 14.6. The van der Waals surface area contributed by atoms with E-state index in [0.717, 1.165) is 21.3 Å². The van der Waals surface area contributed by atoms with E-state index in [2.05, 4.69) is 10.3 Å². The number of carbonyl (C=O) groups is 2. The van der Waals surface area contributed by atoms with Crippen molar-refractivity contribution < 1.29 is 18.9 Å². The van der Waals surface area contributed by atoms with Crippen LogP contribution in [-0.2, 0) is 18.9 Å². The van der Waals surface area contributed by atoms with Crippen LogP contribution in [0.15, 0.2) is 72.8 Å². The van der Waals surface area contributed by atoms with Crippen molar-refractivity contribution in [1.82, 2.24) is 4.98 Å². The lowest BCUT2D eigenvalue weighted by molar-refractivity contribution is -0.147. The number of nitrogens with zero attached hydrogens (tertiary/aromatic N) is 1. The van der Waals surface area contributed by atoms with Gasteiger partial charge in [-0.05, 0) is 43.9 Å². The number of rotatable bonds is 7. The summed E-state index contributed by atoms with van der Waals surface area (Å²) in [7, 11) is -3.35. The van der Waals surface area contributed by atoms with E-state index in [0.29, 0.717) is 28.6 Å². The molecule has 0 unspecified atom stereocenters. The van der Waals surface area contributed by atoms with E-state index < -0.39 is 30.8 Å². The topological polar surface area (TPSA) is 85.4 Å². The second-order valence-electron chi connectivity index (χ2n) is 8.88. The van der Waals surface area contributed by atoms with Crippen LogP contribution in [0.2, 0.25) is 0 Å². The van der Waals surface area contributed by atoms with Gasteiger partial charge < -0.3 is 9.30 Å². The molecular weight excluding hydrogens is 479 g/mol. The van der Waals surface area contributed by atoms with E-state index in [9.17, 15) is 14.2 Å². The van der Waals surface area contributed by atoms with Crippen LogP contribution in [0.25, 0.3) is 10.2 Å². The summed E-state index contributed by atoms with van der Waals surface area (Å²) in [4.78, 5) is 30.4. The summed E-state index contributed by atoms with van der Waals surface area (Å²) in [6.07, 6.45) is 0.899. The van der Waals surface area contributed by atoms with Gasteiger partial charge in [0, 0.05) is 10.6 Å². The lowest BCUT2D eigenvalue weighted by Crippen LogP contribution is -2.36. The van der Waals surface area contributed by atoms with Crippen molar-refractivity contribution in [3.05, 3.63) is 83.9 Å². The first-order valence-electron chi connectivity index (χ1n) is 11.4. The Hall–Kier alpha value is -3.28. The third-order valence-corrected chi connectivity index (χ3v) is 11.2. The molecule has 3 aromatic carbocycles. The van der Waals surface area contributed by atoms with Crippen LogP contribution in [0, 0.1) is 13.8 Å². The Morgan fingerprint density at radius 3 is 2.17 bits per heavy atom. The summed E-state index contributed by atoms with van der Waals surface area (Å²) < 4.78 is 21.1. The van der Waals surface area contributed by atoms with Gasteiger partial charge in [-0.2, -0.15) is 0 Å². The molecule has 8 heteroatoms. The third-order valence-electron chi connectivity index (χ3n) is 6.36. The van der Waals surface area contributed by atoms with Crippen LogP contribution in [0.4, 0.5) is 5.13 Å². The molecule has 5 rings (SSSR count). The van der Waals surface area contributed by atoms with E-state index in [4.69, 9.17) is 4.74 Å². The molecule has 1 saturated carbocycles. The molecule has 0 radical (unpaired) electrons. The van der Waals surface area contributed by atoms with Crippen LogP contribution in [0.1, 0.15) is 24.0 Å². The molecule has 0 aliphatic heterocycles. The summed E-state index contributed by atoms with van der Waals surface area (Å²) in [6.45, 7) is 3.54. The van der Waals surface area contributed by atoms with Gasteiger partial charge in [0.15, 0.2) is 18.9 Å². The molecule has 1 N–H and O–H groups in total. The number of hydrogen-bond acceptors (Lipinski definition) is 6. The Morgan fingerprint density at radius 2 is 1.60 bits per heavy atom. The standard InChI is InChI=1S/C27H25N2O4PS/c1-18-15-19(2)24-22(16-18)35-26(29-24)28-23(30)17-33-25(31)27(13-14-27)34(32,20-9-5-3-6-10-20)21-11-7-4-8-12-21/h3-12,15-16H,13-14,17H2,1-2H3,(H,28,29,30). The number of ether oxygens (including phenoxy) is 1. The fourth-order valence-electron chi connectivity index (χ4n) is 4.53. The van der Waals surface area contributed by atoms with Gasteiger partial charge in [-0.1, -0.05) is 78.1 Å². The fourth-order valence-corrected chi connectivity index (χ4v) is 9.12. The monoisotopic (exact) mass is 504 g/mol. The Morgan fingerprint density at radius 1 is 1.00 bits per heavy atom. The molecule has 0 bridgehead atoms. The number of carbonyl (C=O) groups excluding carboxylic acids is 2. The Kier molecular flexibility index (Phi) is 6.07. The van der Waals surface area contributed by atoms with Crippen molar-refractivity contribution >= 4 is 56.3 Å². The number of fused-ring (bicyclic) bond motifs is 1. The predicted octanol–water partition coefficient (Wildman–Crippen LogP) is 4.94. The van der Waals surface area contributed by atoms with Crippen molar-refractivity contribution in [3.8, 4) is 0 Å². The van der Waals surface area contributed by atoms with Crippen molar-refractivity contribution in [2.75, 3.05) is 11.9 Å². The number of aromatic nitrogens is 1. The second kappa shape index (κ2) is 9.06. The number of benzene rings is 3. The summed E-state index contributed by atoms with van der Waals surface area (Å²) >= 11 is 1.38. The molecule has 1 aromatic heterocycles. The summed E-state index contributed by atoms with van der Waals surface area (Å²) in [6, 6.07) is 22.2. The number of thiazole rings is 1. The normalized spacial score (nSPS) is 14.5. The molecule has 4 aromatic rings. The van der Waals surface area contributed by atoms with Crippen LogP contribution < -0.4 is 15.9 Å². The van der Waals surface area contributed by atoms with Gasteiger partial charge in [0.25, 0.3) is 5.91 Å². The molecule has 1 amide bonds. The molecule has 178 valence electrons. The van der Waals surface area contributed by atoms with Gasteiger partial charge in [0.2, 0.25) is 0 Å². The van der Waals surface area contributed by atoms with E-state index in [-0.39, 0.29) is 0 Å². The molecule has 6 nitrogen and oxygen atoms in total. The lowest BCUT2D eigenvalue weighted by atomic mass is 10.1. The molecule has 1 aliphatic carbocycles. The average molecular weight is 505 g/mol. The second-order valence-corrected chi connectivity index (χ2v) is 13.0. The highest BCUT2D eigenvalue weighted by molar-refractivity contribution is 7.81. The molecule has 0 atom stereocenters. The first-order valence-corrected chi connectivity index (χ1v) is 13.9. The Balaban J connectivity index is 1.34. The van der Waals surface area contributed by atoms with Crippen molar-refractivity contribution in [1.29, 1.82) is 0 Å². The maximum atomic E-state index is 14.6. The number of anilines is 1. The van der Waals surface area contributed by atoms with Crippen LogP contribution in [0.3, 0.4) is 0 Å². The lowest BCUT2D eigenvalue weighted by Gasteiger charge is -2.27. The highest BCUT2D eigenvalue weighted by Gasteiger charge is 2.65. The van der Waals surface area contributed by atoms with Crippen molar-refractivity contribution in [2.45, 2.75) is 31.8 Å². The molecular formula is C27H25N2O4PS. The van der Waals surface area contributed by atoms with Crippen molar-refractivity contribution in [2.24, 2.45) is 0 Å². The van der Waals surface area contributed by atoms with E-state index >= 15 is 0 Å². The minimum Gasteiger partial charge on any atom is -0.455 e. The van der Waals surface area contributed by atoms with Crippen molar-refractivity contribution in [3.63, 3.8) is 0 Å². The number of amides is 1. The summed E-state index contributed by atoms with van der Waals surface area (Å²) in [5.74, 6) is -1.07. The highest BCUT2D eigenvalue weighted by Crippen LogP contribution is 2.68. The van der Waals surface area contributed by atoms with Gasteiger partial charge >= 0.3 is 5.97 Å². The summed E-state index contributed by atoms with van der Waals surface area (Å²) in [5, 5.41) is 3.26. The maximum Gasteiger partial charge on any atom is 0.320 e.